The summed E-state index contributed by atoms with van der Waals surface area (Å²) in [6.45, 7) is 4.85. The summed E-state index contributed by atoms with van der Waals surface area (Å²) in [6.07, 6.45) is 7.97. The minimum absolute atomic E-state index is 0.201. The summed E-state index contributed by atoms with van der Waals surface area (Å²) in [4.78, 5) is 0. The smallest absolute Gasteiger partial charge is 0.0713 e. The summed E-state index contributed by atoms with van der Waals surface area (Å²) in [5.74, 6) is -0.201. The predicted molar refractivity (Wildman–Crippen MR) is 297 cm³/mol. The molecule has 0 aromatic heterocycles. The lowest BCUT2D eigenvalue weighted by molar-refractivity contribution is 0.491. The highest BCUT2D eigenvalue weighted by Crippen LogP contribution is 2.64. The quantitative estimate of drug-likeness (QED) is 0.135. The molecular formula is C71H54. The monoisotopic (exact) mass is 906 g/mol. The molecule has 10 aromatic rings. The molecule has 0 N–H and O–H groups in total. The maximum Gasteiger partial charge on any atom is 0.0713 e. The van der Waals surface area contributed by atoms with E-state index >= 15 is 0 Å². The van der Waals surface area contributed by atoms with Gasteiger partial charge in [0.25, 0.3) is 0 Å². The van der Waals surface area contributed by atoms with Gasteiger partial charge in [-0.15, -0.1) is 0 Å². The van der Waals surface area contributed by atoms with Crippen LogP contribution in [-0.2, 0) is 16.2 Å². The van der Waals surface area contributed by atoms with Crippen molar-refractivity contribution in [2.45, 2.75) is 42.4 Å². The van der Waals surface area contributed by atoms with Gasteiger partial charge >= 0.3 is 0 Å². The molecule has 0 bridgehead atoms. The molecule has 0 heterocycles. The number of rotatable bonds is 9. The summed E-state index contributed by atoms with van der Waals surface area (Å²) < 4.78 is 0. The van der Waals surface area contributed by atoms with Crippen molar-refractivity contribution >= 4 is 5.57 Å². The van der Waals surface area contributed by atoms with Gasteiger partial charge < -0.3 is 0 Å². The van der Waals surface area contributed by atoms with E-state index in [-0.39, 0.29) is 11.3 Å². The number of benzene rings is 10. The van der Waals surface area contributed by atoms with E-state index < -0.39 is 10.8 Å². The molecule has 0 saturated heterocycles. The topological polar surface area (TPSA) is 0 Å². The Hall–Kier alpha value is -8.32. The summed E-state index contributed by atoms with van der Waals surface area (Å²) in [7, 11) is 0. The fraction of sp³-hybridized carbons (Fsp3) is 0.0986. The second kappa shape index (κ2) is 17.0. The number of hydrogen-bond acceptors (Lipinski definition) is 0. The maximum atomic E-state index is 2.49. The van der Waals surface area contributed by atoms with E-state index in [2.05, 4.69) is 287 Å². The van der Waals surface area contributed by atoms with Crippen molar-refractivity contribution in [2.24, 2.45) is 0 Å². The van der Waals surface area contributed by atoms with Crippen LogP contribution in [-0.4, -0.2) is 0 Å². The molecule has 0 saturated carbocycles. The molecule has 2 unspecified atom stereocenters. The third-order valence-corrected chi connectivity index (χ3v) is 16.4. The average molecular weight is 907 g/mol. The third kappa shape index (κ3) is 6.37. The molecule has 3 aliphatic rings. The standard InChI is InChI=1S/C71H54/c1-69(2)62-44-20-18-37-55(62)58-41-25-40-56(67(58)69)54-36-15-16-38-57(54)68(70(48-24-23-43-61(70)50-29-9-4-10-30-50)63-45-21-17-35-53(63)49-27-7-3-8-28-49)60-42-26-47-65-66(60)59-39-19-22-46-64(59)71(65,51-31-11-5-12-32-51)52-33-13-6-14-34-52/h3-47,68H,48H2,1-2H3. The molecule has 13 rings (SSSR count). The van der Waals surface area contributed by atoms with E-state index in [0.29, 0.717) is 0 Å². The highest BCUT2D eigenvalue weighted by Gasteiger charge is 2.52. The van der Waals surface area contributed by atoms with Crippen LogP contribution in [0, 0.1) is 0 Å². The van der Waals surface area contributed by atoms with Crippen LogP contribution in [0.3, 0.4) is 0 Å². The fourth-order valence-electron chi connectivity index (χ4n) is 13.6. The molecule has 0 amide bonds. The second-order valence-corrected chi connectivity index (χ2v) is 20.2. The summed E-state index contributed by atoms with van der Waals surface area (Å²) in [5.41, 5.74) is 23.3. The fourth-order valence-corrected chi connectivity index (χ4v) is 13.6. The van der Waals surface area contributed by atoms with E-state index in [1.165, 1.54) is 106 Å². The lowest BCUT2D eigenvalue weighted by Crippen LogP contribution is -2.38. The Balaban J connectivity index is 1.20. The van der Waals surface area contributed by atoms with Crippen LogP contribution in [0.15, 0.2) is 273 Å². The van der Waals surface area contributed by atoms with Crippen molar-refractivity contribution in [1.29, 1.82) is 0 Å². The van der Waals surface area contributed by atoms with E-state index in [4.69, 9.17) is 0 Å². The highest BCUT2D eigenvalue weighted by molar-refractivity contribution is 5.94. The minimum Gasteiger partial charge on any atom is -0.0833 e. The first kappa shape index (κ1) is 42.8. The molecule has 0 aliphatic heterocycles. The second-order valence-electron chi connectivity index (χ2n) is 20.2. The Morgan fingerprint density at radius 2 is 0.817 bits per heavy atom. The average Bonchev–Trinajstić information content (AvgIpc) is 3.89. The van der Waals surface area contributed by atoms with Gasteiger partial charge in [-0.2, -0.15) is 0 Å². The highest BCUT2D eigenvalue weighted by atomic mass is 14.5. The van der Waals surface area contributed by atoms with Gasteiger partial charge in [0.2, 0.25) is 0 Å². The zero-order chi connectivity index (χ0) is 47.6. The van der Waals surface area contributed by atoms with E-state index in [0.717, 1.165) is 6.42 Å². The molecule has 0 heteroatoms. The zero-order valence-corrected chi connectivity index (χ0v) is 40.3. The number of allylic oxidation sites excluding steroid dienone is 4. The lowest BCUT2D eigenvalue weighted by atomic mass is 9.54. The van der Waals surface area contributed by atoms with E-state index in [9.17, 15) is 0 Å². The Morgan fingerprint density at radius 3 is 1.49 bits per heavy atom. The molecule has 0 fully saturated rings. The van der Waals surface area contributed by atoms with Gasteiger partial charge in [0.1, 0.15) is 0 Å². The molecule has 0 nitrogen and oxygen atoms in total. The number of hydrogen-bond donors (Lipinski definition) is 0. The molecule has 10 aromatic carbocycles. The summed E-state index contributed by atoms with van der Waals surface area (Å²) in [5, 5.41) is 0. The van der Waals surface area contributed by atoms with E-state index in [1.54, 1.807) is 0 Å². The van der Waals surface area contributed by atoms with Crippen LogP contribution in [0.5, 0.6) is 0 Å². The van der Waals surface area contributed by atoms with Gasteiger partial charge in [0.05, 0.1) is 5.41 Å². The van der Waals surface area contributed by atoms with Crippen molar-refractivity contribution in [3.8, 4) is 44.5 Å². The molecule has 338 valence electrons. The van der Waals surface area contributed by atoms with Crippen molar-refractivity contribution < 1.29 is 0 Å². The van der Waals surface area contributed by atoms with Crippen molar-refractivity contribution in [3.05, 3.63) is 329 Å². The Labute approximate surface area is 419 Å². The minimum atomic E-state index is -0.621. The van der Waals surface area contributed by atoms with Crippen LogP contribution < -0.4 is 0 Å². The number of fused-ring (bicyclic) bond motifs is 6. The van der Waals surface area contributed by atoms with Gasteiger partial charge in [-0.25, -0.2) is 0 Å². The van der Waals surface area contributed by atoms with Crippen molar-refractivity contribution in [3.63, 3.8) is 0 Å². The lowest BCUT2D eigenvalue weighted by Gasteiger charge is -2.47. The van der Waals surface area contributed by atoms with Crippen molar-refractivity contribution in [2.75, 3.05) is 0 Å². The van der Waals surface area contributed by atoms with E-state index in [1.807, 2.05) is 0 Å². The molecule has 2 atom stereocenters. The van der Waals surface area contributed by atoms with Gasteiger partial charge in [-0.05, 0) is 112 Å². The van der Waals surface area contributed by atoms with Gasteiger partial charge in [-0.1, -0.05) is 287 Å². The molecule has 0 radical (unpaired) electrons. The molecular weight excluding hydrogens is 853 g/mol. The Morgan fingerprint density at radius 1 is 0.352 bits per heavy atom. The third-order valence-electron chi connectivity index (χ3n) is 16.4. The van der Waals surface area contributed by atoms with Gasteiger partial charge in [0, 0.05) is 16.7 Å². The van der Waals surface area contributed by atoms with Crippen LogP contribution in [0.4, 0.5) is 0 Å². The first-order chi connectivity index (χ1) is 35.0. The zero-order valence-electron chi connectivity index (χ0n) is 40.3. The first-order valence-corrected chi connectivity index (χ1v) is 25.3. The SMILES string of the molecule is CC1(C)c2ccccc2-c2cccc(-c3ccccc3C(c3cccc4c3-c3ccccc3C4(c3ccccc3)c3ccccc3)C3(c4ccccc4-c4ccccc4)CC=CC=C3c3ccccc3)c21. The molecule has 3 aliphatic carbocycles. The largest absolute Gasteiger partial charge is 0.0833 e. The molecule has 0 spiro atoms. The Kier molecular flexibility index (Phi) is 10.2. The van der Waals surface area contributed by atoms with Crippen LogP contribution in [0.2, 0.25) is 0 Å². The summed E-state index contributed by atoms with van der Waals surface area (Å²) in [6, 6.07) is 96.3. The summed E-state index contributed by atoms with van der Waals surface area (Å²) >= 11 is 0. The van der Waals surface area contributed by atoms with Crippen molar-refractivity contribution in [1.82, 2.24) is 0 Å². The molecule has 71 heavy (non-hydrogen) atoms. The van der Waals surface area contributed by atoms with Gasteiger partial charge in [-0.3, -0.25) is 0 Å². The Bertz CT molecular complexity index is 3650. The van der Waals surface area contributed by atoms with Gasteiger partial charge in [0.15, 0.2) is 0 Å². The van der Waals surface area contributed by atoms with Crippen LogP contribution in [0.25, 0.3) is 50.1 Å². The maximum absolute atomic E-state index is 2.49. The normalized spacial score (nSPS) is 17.1. The van der Waals surface area contributed by atoms with Crippen LogP contribution in [0.1, 0.15) is 81.8 Å². The predicted octanol–water partition coefficient (Wildman–Crippen LogP) is 17.8. The first-order valence-electron chi connectivity index (χ1n) is 25.3. The van der Waals surface area contributed by atoms with Crippen LogP contribution >= 0.6 is 0 Å².